The third-order valence-corrected chi connectivity index (χ3v) is 9.82. The summed E-state index contributed by atoms with van der Waals surface area (Å²) in [5, 5.41) is 0. The van der Waals surface area contributed by atoms with Gasteiger partial charge in [0.1, 0.15) is 0 Å². The summed E-state index contributed by atoms with van der Waals surface area (Å²) in [6.45, 7) is 4.01. The van der Waals surface area contributed by atoms with Gasteiger partial charge in [-0.2, -0.15) is 8.61 Å². The van der Waals surface area contributed by atoms with Crippen LogP contribution < -0.4 is 4.90 Å². The number of benzene rings is 1. The molecule has 0 saturated carbocycles. The predicted octanol–water partition coefficient (Wildman–Crippen LogP) is 1.55. The van der Waals surface area contributed by atoms with E-state index in [2.05, 4.69) is 9.97 Å². The maximum Gasteiger partial charge on any atom is 0.243 e. The van der Waals surface area contributed by atoms with E-state index in [4.69, 9.17) is 0 Å². The second-order valence-corrected chi connectivity index (χ2v) is 11.7. The molecule has 9 nitrogen and oxygen atoms in total. The van der Waals surface area contributed by atoms with Crippen LogP contribution in [0.4, 0.5) is 5.95 Å². The molecule has 4 rings (SSSR count). The van der Waals surface area contributed by atoms with Crippen LogP contribution in [0.2, 0.25) is 0 Å². The van der Waals surface area contributed by atoms with Gasteiger partial charge in [-0.3, -0.25) is 0 Å². The lowest BCUT2D eigenvalue weighted by molar-refractivity contribution is 0.268. The number of rotatable bonds is 5. The van der Waals surface area contributed by atoms with Crippen molar-refractivity contribution in [3.05, 3.63) is 42.7 Å². The summed E-state index contributed by atoms with van der Waals surface area (Å²) in [7, 11) is -7.34. The topological polar surface area (TPSA) is 104 Å². The standard InChI is InChI=1S/C20H27N5O4S2/c1-17-5-2-3-12-25(17)31(28,29)19-8-6-18(7-9-19)30(26,27)24-15-13-23(14-16-24)20-21-10-4-11-22-20/h4,6-11,17H,2-3,5,12-16H2,1H3. The summed E-state index contributed by atoms with van der Waals surface area (Å²) in [6.07, 6.45) is 6.02. The lowest BCUT2D eigenvalue weighted by Gasteiger charge is -2.34. The van der Waals surface area contributed by atoms with E-state index in [1.807, 2.05) is 11.8 Å². The quantitative estimate of drug-likeness (QED) is 0.660. The van der Waals surface area contributed by atoms with Crippen molar-refractivity contribution in [2.24, 2.45) is 0 Å². The first-order chi connectivity index (χ1) is 14.8. The second kappa shape index (κ2) is 8.81. The molecule has 2 saturated heterocycles. The van der Waals surface area contributed by atoms with Crippen LogP contribution >= 0.6 is 0 Å². The molecule has 1 aromatic carbocycles. The van der Waals surface area contributed by atoms with E-state index in [9.17, 15) is 16.8 Å². The summed E-state index contributed by atoms with van der Waals surface area (Å²) in [6, 6.07) is 7.27. The Hall–Kier alpha value is -2.08. The van der Waals surface area contributed by atoms with Gasteiger partial charge in [0, 0.05) is 51.2 Å². The molecule has 2 aliphatic rings. The van der Waals surface area contributed by atoms with Crippen LogP contribution in [-0.2, 0) is 20.0 Å². The summed E-state index contributed by atoms with van der Waals surface area (Å²) < 4.78 is 55.0. The van der Waals surface area contributed by atoms with Crippen molar-refractivity contribution in [3.63, 3.8) is 0 Å². The summed E-state index contributed by atoms with van der Waals surface area (Å²) in [5.41, 5.74) is 0. The predicted molar refractivity (Wildman–Crippen MR) is 117 cm³/mol. The number of hydrogen-bond acceptors (Lipinski definition) is 7. The zero-order valence-electron chi connectivity index (χ0n) is 17.5. The zero-order valence-corrected chi connectivity index (χ0v) is 19.1. The number of sulfonamides is 2. The van der Waals surface area contributed by atoms with Crippen LogP contribution in [0.25, 0.3) is 0 Å². The largest absolute Gasteiger partial charge is 0.338 e. The molecule has 0 radical (unpaired) electrons. The van der Waals surface area contributed by atoms with Crippen LogP contribution in [0.5, 0.6) is 0 Å². The van der Waals surface area contributed by atoms with E-state index < -0.39 is 20.0 Å². The molecule has 0 spiro atoms. The van der Waals surface area contributed by atoms with Crippen LogP contribution in [0, 0.1) is 0 Å². The number of hydrogen-bond donors (Lipinski definition) is 0. The SMILES string of the molecule is CC1CCCCN1S(=O)(=O)c1ccc(S(=O)(=O)N2CCN(c3ncccn3)CC2)cc1. The Morgan fingerprint density at radius 1 is 0.806 bits per heavy atom. The van der Waals surface area contributed by atoms with Crippen LogP contribution in [-0.4, -0.2) is 74.2 Å². The molecule has 31 heavy (non-hydrogen) atoms. The minimum absolute atomic E-state index is 0.0490. The molecule has 0 aliphatic carbocycles. The Kier molecular flexibility index (Phi) is 6.29. The summed E-state index contributed by atoms with van der Waals surface area (Å²) >= 11 is 0. The fourth-order valence-electron chi connectivity index (χ4n) is 4.08. The molecule has 3 heterocycles. The molecule has 2 aliphatic heterocycles. The third-order valence-electron chi connectivity index (χ3n) is 5.88. The van der Waals surface area contributed by atoms with E-state index >= 15 is 0 Å². The van der Waals surface area contributed by atoms with Crippen LogP contribution in [0.3, 0.4) is 0 Å². The highest BCUT2D eigenvalue weighted by Gasteiger charge is 2.32. The first kappa shape index (κ1) is 22.1. The highest BCUT2D eigenvalue weighted by Crippen LogP contribution is 2.27. The van der Waals surface area contributed by atoms with Gasteiger partial charge in [-0.1, -0.05) is 6.42 Å². The first-order valence-corrected chi connectivity index (χ1v) is 13.3. The van der Waals surface area contributed by atoms with Crippen molar-refractivity contribution in [3.8, 4) is 0 Å². The minimum Gasteiger partial charge on any atom is -0.338 e. The molecule has 2 fully saturated rings. The summed E-state index contributed by atoms with van der Waals surface area (Å²) in [4.78, 5) is 10.6. The van der Waals surface area contributed by atoms with Crippen molar-refractivity contribution < 1.29 is 16.8 Å². The summed E-state index contributed by atoms with van der Waals surface area (Å²) in [5.74, 6) is 0.584. The van der Waals surface area contributed by atoms with Gasteiger partial charge in [0.25, 0.3) is 0 Å². The Morgan fingerprint density at radius 3 is 1.97 bits per heavy atom. The maximum atomic E-state index is 13.1. The smallest absolute Gasteiger partial charge is 0.243 e. The Bertz CT molecular complexity index is 1100. The van der Waals surface area contributed by atoms with Crippen molar-refractivity contribution >= 4 is 26.0 Å². The van der Waals surface area contributed by atoms with Gasteiger partial charge in [0.2, 0.25) is 26.0 Å². The molecule has 2 aromatic rings. The molecular weight excluding hydrogens is 438 g/mol. The van der Waals surface area contributed by atoms with Crippen LogP contribution in [0.1, 0.15) is 26.2 Å². The number of anilines is 1. The van der Waals surface area contributed by atoms with Crippen molar-refractivity contribution in [2.45, 2.75) is 42.0 Å². The maximum absolute atomic E-state index is 13.1. The van der Waals surface area contributed by atoms with Crippen molar-refractivity contribution in [1.82, 2.24) is 18.6 Å². The van der Waals surface area contributed by atoms with E-state index in [1.165, 1.54) is 32.9 Å². The number of piperidine rings is 1. The zero-order chi connectivity index (χ0) is 22.1. The lowest BCUT2D eigenvalue weighted by Crippen LogP contribution is -2.49. The Morgan fingerprint density at radius 2 is 1.39 bits per heavy atom. The molecule has 1 unspecified atom stereocenters. The lowest BCUT2D eigenvalue weighted by atomic mass is 10.1. The molecule has 1 aromatic heterocycles. The average Bonchev–Trinajstić information content (AvgIpc) is 2.80. The monoisotopic (exact) mass is 465 g/mol. The van der Waals surface area contributed by atoms with E-state index in [0.29, 0.717) is 38.7 Å². The van der Waals surface area contributed by atoms with E-state index in [0.717, 1.165) is 19.3 Å². The van der Waals surface area contributed by atoms with Gasteiger partial charge in [0.15, 0.2) is 0 Å². The van der Waals surface area contributed by atoms with Gasteiger partial charge in [-0.25, -0.2) is 26.8 Å². The van der Waals surface area contributed by atoms with E-state index in [1.54, 1.807) is 18.5 Å². The molecule has 0 N–H and O–H groups in total. The van der Waals surface area contributed by atoms with E-state index in [-0.39, 0.29) is 15.8 Å². The normalized spacial score (nSPS) is 21.8. The molecule has 0 amide bonds. The highest BCUT2D eigenvalue weighted by molar-refractivity contribution is 7.89. The van der Waals surface area contributed by atoms with Gasteiger partial charge in [-0.15, -0.1) is 0 Å². The van der Waals surface area contributed by atoms with Gasteiger partial charge in [-0.05, 0) is 50.1 Å². The van der Waals surface area contributed by atoms with Crippen molar-refractivity contribution in [1.29, 1.82) is 0 Å². The van der Waals surface area contributed by atoms with Crippen LogP contribution in [0.15, 0.2) is 52.5 Å². The van der Waals surface area contributed by atoms with Crippen molar-refractivity contribution in [2.75, 3.05) is 37.6 Å². The van der Waals surface area contributed by atoms with Gasteiger partial charge >= 0.3 is 0 Å². The minimum atomic E-state index is -3.71. The number of nitrogens with zero attached hydrogens (tertiary/aromatic N) is 5. The van der Waals surface area contributed by atoms with Gasteiger partial charge in [0.05, 0.1) is 9.79 Å². The average molecular weight is 466 g/mol. The first-order valence-electron chi connectivity index (χ1n) is 10.4. The fraction of sp³-hybridized carbons (Fsp3) is 0.500. The molecule has 11 heteroatoms. The highest BCUT2D eigenvalue weighted by atomic mass is 32.2. The molecule has 168 valence electrons. The molecule has 1 atom stereocenters. The fourth-order valence-corrected chi connectivity index (χ4v) is 7.20. The second-order valence-electron chi connectivity index (χ2n) is 7.87. The molecule has 0 bridgehead atoms. The number of piperazine rings is 1. The number of aromatic nitrogens is 2. The Balaban J connectivity index is 1.47. The third kappa shape index (κ3) is 4.45. The molecular formula is C20H27N5O4S2. The Labute approximate surface area is 183 Å². The van der Waals surface area contributed by atoms with Gasteiger partial charge < -0.3 is 4.90 Å².